The third-order valence-corrected chi connectivity index (χ3v) is 7.48. The topological polar surface area (TPSA) is 146 Å². The summed E-state index contributed by atoms with van der Waals surface area (Å²) >= 11 is 0. The van der Waals surface area contributed by atoms with Gasteiger partial charge in [-0.15, -0.1) is 0 Å². The van der Waals surface area contributed by atoms with Gasteiger partial charge in [0.15, 0.2) is 17.0 Å². The van der Waals surface area contributed by atoms with Crippen LogP contribution in [0.3, 0.4) is 0 Å². The average Bonchev–Trinajstić information content (AvgIpc) is 3.36. The van der Waals surface area contributed by atoms with Crippen molar-refractivity contribution in [3.8, 4) is 11.4 Å². The Balaban J connectivity index is 1.22. The van der Waals surface area contributed by atoms with Crippen LogP contribution < -0.4 is 21.5 Å². The number of aromatic nitrogens is 8. The molecule has 208 valence electrons. The van der Waals surface area contributed by atoms with E-state index in [9.17, 15) is 27.6 Å². The number of fused-ring (bicyclic) bond motifs is 1. The average molecular weight is 557 g/mol. The smallest absolute Gasteiger partial charge is 0.340 e. The van der Waals surface area contributed by atoms with Gasteiger partial charge in [-0.05, 0) is 25.3 Å². The Labute approximate surface area is 223 Å². The minimum atomic E-state index is -4.26. The number of alkyl halides is 3. The molecule has 0 aromatic carbocycles. The summed E-state index contributed by atoms with van der Waals surface area (Å²) in [7, 11) is 2.87. The highest BCUT2D eigenvalue weighted by Crippen LogP contribution is 2.45. The first-order chi connectivity index (χ1) is 19.0. The normalized spacial score (nSPS) is 18.3. The van der Waals surface area contributed by atoms with Crippen LogP contribution >= 0.6 is 0 Å². The summed E-state index contributed by atoms with van der Waals surface area (Å²) in [6.45, 7) is 0.00903. The van der Waals surface area contributed by atoms with E-state index in [-0.39, 0.29) is 48.3 Å². The predicted molar refractivity (Wildman–Crippen MR) is 135 cm³/mol. The highest BCUT2D eigenvalue weighted by Gasteiger charge is 2.53. The van der Waals surface area contributed by atoms with Gasteiger partial charge in [-0.3, -0.25) is 18.7 Å². The van der Waals surface area contributed by atoms with Crippen LogP contribution in [0, 0.1) is 5.92 Å². The van der Waals surface area contributed by atoms with Crippen LogP contribution in [0.25, 0.3) is 22.6 Å². The molecule has 2 fully saturated rings. The number of carbonyl (C=O) groups is 1. The Bertz CT molecular complexity index is 1760. The monoisotopic (exact) mass is 556 g/mol. The summed E-state index contributed by atoms with van der Waals surface area (Å²) in [5.74, 6) is -1.23. The van der Waals surface area contributed by atoms with Crippen molar-refractivity contribution in [3.63, 3.8) is 0 Å². The quantitative estimate of drug-likeness (QED) is 0.383. The number of hydrogen-bond acceptors (Lipinski definition) is 9. The van der Waals surface area contributed by atoms with Gasteiger partial charge >= 0.3 is 11.9 Å². The summed E-state index contributed by atoms with van der Waals surface area (Å²) in [6, 6.07) is 1.50. The molecule has 1 saturated heterocycles. The number of halogens is 3. The van der Waals surface area contributed by atoms with Crippen molar-refractivity contribution in [2.45, 2.75) is 31.0 Å². The van der Waals surface area contributed by atoms with Crippen molar-refractivity contribution in [2.24, 2.45) is 20.0 Å². The van der Waals surface area contributed by atoms with Crippen molar-refractivity contribution >= 4 is 28.8 Å². The second-order valence-electron chi connectivity index (χ2n) is 9.99. The zero-order valence-electron chi connectivity index (χ0n) is 21.4. The number of nitrogens with one attached hydrogen (secondary N) is 1. The molecule has 1 atom stereocenters. The minimum absolute atomic E-state index is 0.0114. The first-order valence-corrected chi connectivity index (χ1v) is 12.4. The van der Waals surface area contributed by atoms with Crippen LogP contribution in [-0.2, 0) is 24.4 Å². The van der Waals surface area contributed by atoms with E-state index in [2.05, 4.69) is 30.2 Å². The van der Waals surface area contributed by atoms with E-state index in [0.29, 0.717) is 18.4 Å². The van der Waals surface area contributed by atoms with E-state index >= 15 is 0 Å². The number of carbonyl (C=O) groups excluding carboxylic acids is 1. The van der Waals surface area contributed by atoms with Crippen molar-refractivity contribution < 1.29 is 18.0 Å². The Morgan fingerprint density at radius 2 is 1.80 bits per heavy atom. The third-order valence-electron chi connectivity index (χ3n) is 7.48. The molecule has 6 rings (SSSR count). The molecule has 5 heterocycles. The van der Waals surface area contributed by atoms with E-state index in [1.807, 2.05) is 0 Å². The first kappa shape index (κ1) is 25.6. The van der Waals surface area contributed by atoms with Crippen molar-refractivity contribution in [2.75, 3.05) is 23.3 Å². The number of imidazole rings is 1. The molecule has 1 saturated carbocycles. The number of rotatable bonds is 5. The molecule has 4 aromatic heterocycles. The molecule has 40 heavy (non-hydrogen) atoms. The van der Waals surface area contributed by atoms with Crippen LogP contribution in [0.1, 0.15) is 19.3 Å². The Hall–Kier alpha value is -4.63. The molecule has 0 bridgehead atoms. The van der Waals surface area contributed by atoms with Gasteiger partial charge in [-0.25, -0.2) is 29.7 Å². The zero-order valence-corrected chi connectivity index (χ0v) is 21.4. The molecule has 0 radical (unpaired) electrons. The number of anilines is 2. The van der Waals surface area contributed by atoms with Gasteiger partial charge in [0.2, 0.25) is 5.95 Å². The molecule has 1 aliphatic carbocycles. The molecule has 2 aliphatic rings. The van der Waals surface area contributed by atoms with Crippen LogP contribution in [0.15, 0.2) is 40.6 Å². The fraction of sp³-hybridized carbons (Fsp3) is 0.417. The second kappa shape index (κ2) is 8.96. The summed E-state index contributed by atoms with van der Waals surface area (Å²) in [6.07, 6.45) is 2.31. The van der Waals surface area contributed by atoms with Crippen LogP contribution in [0.4, 0.5) is 24.9 Å². The molecule has 1 N–H and O–H groups in total. The van der Waals surface area contributed by atoms with Gasteiger partial charge in [0.25, 0.3) is 11.5 Å². The molecule has 4 aromatic rings. The molecule has 1 amide bonds. The second-order valence-corrected chi connectivity index (χ2v) is 9.99. The number of aryl methyl sites for hydroxylation is 1. The maximum Gasteiger partial charge on any atom is 0.393 e. The van der Waals surface area contributed by atoms with E-state index in [4.69, 9.17) is 0 Å². The summed E-state index contributed by atoms with van der Waals surface area (Å²) in [5, 5.41) is 2.77. The lowest BCUT2D eigenvalue weighted by atomic mass is 10.1. The minimum Gasteiger partial charge on any atom is -0.340 e. The fourth-order valence-electron chi connectivity index (χ4n) is 4.97. The molecular formula is C24H23F3N10O3. The molecule has 16 heteroatoms. The maximum absolute atomic E-state index is 13.4. The SMILES string of the molecule is Cn1c(=O)c2c(ncn2C2(C(=O)Nc3ccnc(-c4cnc(N5CCC(C(F)(F)F)C5)nc4)n3)CC2)n(C)c1=O. The van der Waals surface area contributed by atoms with Gasteiger partial charge in [0, 0.05) is 45.8 Å². The lowest BCUT2D eigenvalue weighted by Gasteiger charge is -2.18. The number of nitrogens with zero attached hydrogens (tertiary/aromatic N) is 9. The van der Waals surface area contributed by atoms with Gasteiger partial charge in [-0.1, -0.05) is 0 Å². The van der Waals surface area contributed by atoms with Gasteiger partial charge in [-0.2, -0.15) is 13.2 Å². The highest BCUT2D eigenvalue weighted by atomic mass is 19.4. The third kappa shape index (κ3) is 4.10. The Morgan fingerprint density at radius 3 is 2.45 bits per heavy atom. The van der Waals surface area contributed by atoms with Crippen LogP contribution in [0.5, 0.6) is 0 Å². The van der Waals surface area contributed by atoms with E-state index < -0.39 is 34.8 Å². The first-order valence-electron chi connectivity index (χ1n) is 12.4. The van der Waals surface area contributed by atoms with E-state index in [1.165, 1.54) is 59.1 Å². The van der Waals surface area contributed by atoms with Gasteiger partial charge < -0.3 is 14.8 Å². The molecule has 0 spiro atoms. The van der Waals surface area contributed by atoms with Crippen LogP contribution in [-0.4, -0.2) is 63.8 Å². The predicted octanol–water partition coefficient (Wildman–Crippen LogP) is 1.20. The fourth-order valence-corrected chi connectivity index (χ4v) is 4.97. The number of amides is 1. The van der Waals surface area contributed by atoms with Crippen LogP contribution in [0.2, 0.25) is 0 Å². The lowest BCUT2D eigenvalue weighted by molar-refractivity contribution is -0.168. The van der Waals surface area contributed by atoms with Crippen molar-refractivity contribution in [1.29, 1.82) is 0 Å². The molecule has 1 unspecified atom stereocenters. The van der Waals surface area contributed by atoms with Gasteiger partial charge in [0.05, 0.1) is 17.8 Å². The summed E-state index contributed by atoms with van der Waals surface area (Å²) < 4.78 is 42.8. The number of hydrogen-bond donors (Lipinski definition) is 1. The molecular weight excluding hydrogens is 533 g/mol. The molecule has 1 aliphatic heterocycles. The maximum atomic E-state index is 13.4. The summed E-state index contributed by atoms with van der Waals surface area (Å²) in [5.41, 5.74) is -1.39. The standard InChI is InChI=1S/C24H23F3N10O3/c1-34-18-16(19(38)35(2)22(34)40)37(12-31-18)23(5-6-23)20(39)33-15-3-7-28-17(32-15)13-9-29-21(30-10-13)36-8-4-14(11-36)24(25,26)27/h3,7,9-10,12,14H,4-6,8,11H2,1-2H3,(H,28,32,33,39). The van der Waals surface area contributed by atoms with Crippen molar-refractivity contribution in [3.05, 3.63) is 51.8 Å². The largest absolute Gasteiger partial charge is 0.393 e. The molecule has 13 nitrogen and oxygen atoms in total. The van der Waals surface area contributed by atoms with Crippen molar-refractivity contribution in [1.82, 2.24) is 38.6 Å². The highest BCUT2D eigenvalue weighted by molar-refractivity contribution is 5.99. The summed E-state index contributed by atoms with van der Waals surface area (Å²) in [4.78, 5) is 61.2. The van der Waals surface area contributed by atoms with E-state index in [1.54, 1.807) is 0 Å². The van der Waals surface area contributed by atoms with Gasteiger partial charge in [0.1, 0.15) is 11.4 Å². The Kier molecular flexibility index (Phi) is 5.74. The van der Waals surface area contributed by atoms with E-state index in [0.717, 1.165) is 4.57 Å². The Morgan fingerprint density at radius 1 is 1.07 bits per heavy atom. The lowest BCUT2D eigenvalue weighted by Crippen LogP contribution is -2.40. The zero-order chi connectivity index (χ0) is 28.4.